The van der Waals surface area contributed by atoms with Crippen LogP contribution in [0.15, 0.2) is 29.2 Å². The Morgan fingerprint density at radius 2 is 2.12 bits per heavy atom. The Labute approximate surface area is 101 Å². The summed E-state index contributed by atoms with van der Waals surface area (Å²) in [4.78, 5) is 0.187. The fourth-order valence-electron chi connectivity index (χ4n) is 2.14. The van der Waals surface area contributed by atoms with Gasteiger partial charge in [0, 0.05) is 6.26 Å². The Kier molecular flexibility index (Phi) is 3.33. The number of halogens is 1. The third-order valence-corrected chi connectivity index (χ3v) is 4.15. The zero-order chi connectivity index (χ0) is 12.5. The Balaban J connectivity index is 2.49. The van der Waals surface area contributed by atoms with Crippen LogP contribution in [0.3, 0.4) is 0 Å². The molecule has 17 heavy (non-hydrogen) atoms. The first-order chi connectivity index (χ1) is 8.02. The molecule has 0 saturated heterocycles. The second kappa shape index (κ2) is 4.61. The highest BCUT2D eigenvalue weighted by molar-refractivity contribution is 7.90. The monoisotopic (exact) mass is 254 g/mol. The standard InChI is InChI=1S/C13H15FO2S/c1-17(15,16)12-6-7-13(11(8-12)9-14)10-4-2-3-5-10/h4,6-8H,2-3,5,9H2,1H3. The Morgan fingerprint density at radius 1 is 1.35 bits per heavy atom. The second-order valence-corrected chi connectivity index (χ2v) is 6.36. The van der Waals surface area contributed by atoms with Crippen LogP contribution in [0.1, 0.15) is 30.4 Å². The number of rotatable bonds is 3. The third-order valence-electron chi connectivity index (χ3n) is 3.04. The van der Waals surface area contributed by atoms with Crippen molar-refractivity contribution in [2.75, 3.05) is 6.26 Å². The van der Waals surface area contributed by atoms with Crippen molar-refractivity contribution >= 4 is 15.4 Å². The van der Waals surface area contributed by atoms with Crippen molar-refractivity contribution in [2.24, 2.45) is 0 Å². The summed E-state index contributed by atoms with van der Waals surface area (Å²) in [5.74, 6) is 0. The molecule has 0 amide bonds. The lowest BCUT2D eigenvalue weighted by atomic mass is 10.00. The van der Waals surface area contributed by atoms with Gasteiger partial charge in [-0.25, -0.2) is 12.8 Å². The van der Waals surface area contributed by atoms with Crippen molar-refractivity contribution in [3.05, 3.63) is 35.4 Å². The van der Waals surface area contributed by atoms with E-state index >= 15 is 0 Å². The van der Waals surface area contributed by atoms with Crippen molar-refractivity contribution in [1.82, 2.24) is 0 Å². The lowest BCUT2D eigenvalue weighted by Crippen LogP contribution is -2.00. The van der Waals surface area contributed by atoms with Gasteiger partial charge in [0.25, 0.3) is 0 Å². The molecule has 0 aliphatic heterocycles. The molecule has 0 heterocycles. The van der Waals surface area contributed by atoms with Crippen LogP contribution in [0.4, 0.5) is 4.39 Å². The lowest BCUT2D eigenvalue weighted by Gasteiger charge is -2.09. The number of hydrogen-bond donors (Lipinski definition) is 0. The van der Waals surface area contributed by atoms with E-state index in [2.05, 4.69) is 6.08 Å². The molecule has 1 aromatic rings. The van der Waals surface area contributed by atoms with Gasteiger partial charge in [-0.3, -0.25) is 0 Å². The van der Waals surface area contributed by atoms with Gasteiger partial charge in [-0.2, -0.15) is 0 Å². The minimum absolute atomic E-state index is 0.187. The summed E-state index contributed by atoms with van der Waals surface area (Å²) in [5.41, 5.74) is 2.47. The van der Waals surface area contributed by atoms with E-state index < -0.39 is 16.5 Å². The summed E-state index contributed by atoms with van der Waals surface area (Å²) in [6.07, 6.45) is 6.31. The summed E-state index contributed by atoms with van der Waals surface area (Å²) >= 11 is 0. The number of hydrogen-bond acceptors (Lipinski definition) is 2. The summed E-state index contributed by atoms with van der Waals surface area (Å²) in [6.45, 7) is -0.629. The zero-order valence-electron chi connectivity index (χ0n) is 9.74. The molecular formula is C13H15FO2S. The molecule has 2 rings (SSSR count). The highest BCUT2D eigenvalue weighted by Crippen LogP contribution is 2.31. The van der Waals surface area contributed by atoms with Crippen LogP contribution >= 0.6 is 0 Å². The molecule has 4 heteroatoms. The molecular weight excluding hydrogens is 239 g/mol. The summed E-state index contributed by atoms with van der Waals surface area (Å²) in [7, 11) is -3.26. The normalized spacial score (nSPS) is 16.0. The van der Waals surface area contributed by atoms with E-state index in [0.717, 1.165) is 36.7 Å². The van der Waals surface area contributed by atoms with E-state index in [1.165, 1.54) is 6.07 Å². The molecule has 0 unspecified atom stereocenters. The van der Waals surface area contributed by atoms with E-state index in [9.17, 15) is 12.8 Å². The molecule has 1 aliphatic rings. The predicted octanol–water partition coefficient (Wildman–Crippen LogP) is 3.13. The quantitative estimate of drug-likeness (QED) is 0.830. The number of alkyl halides is 1. The van der Waals surface area contributed by atoms with Crippen molar-refractivity contribution in [1.29, 1.82) is 0 Å². The first kappa shape index (κ1) is 12.3. The molecule has 92 valence electrons. The minimum Gasteiger partial charge on any atom is -0.246 e. The average Bonchev–Trinajstić information content (AvgIpc) is 2.80. The number of benzene rings is 1. The largest absolute Gasteiger partial charge is 0.246 e. The molecule has 0 fully saturated rings. The Hall–Kier alpha value is -1.16. The molecule has 0 atom stereocenters. The zero-order valence-corrected chi connectivity index (χ0v) is 10.6. The van der Waals surface area contributed by atoms with Gasteiger partial charge in [0.15, 0.2) is 9.84 Å². The summed E-state index contributed by atoms with van der Waals surface area (Å²) < 4.78 is 35.8. The van der Waals surface area contributed by atoms with Crippen LogP contribution in [-0.4, -0.2) is 14.7 Å². The lowest BCUT2D eigenvalue weighted by molar-refractivity contribution is 0.483. The maximum atomic E-state index is 13.0. The summed E-state index contributed by atoms with van der Waals surface area (Å²) in [5, 5.41) is 0. The molecule has 1 aromatic carbocycles. The number of allylic oxidation sites excluding steroid dienone is 2. The van der Waals surface area contributed by atoms with E-state index in [4.69, 9.17) is 0 Å². The van der Waals surface area contributed by atoms with Crippen LogP contribution in [0.2, 0.25) is 0 Å². The minimum atomic E-state index is -3.26. The average molecular weight is 254 g/mol. The van der Waals surface area contributed by atoms with Crippen LogP contribution in [0.5, 0.6) is 0 Å². The van der Waals surface area contributed by atoms with Gasteiger partial charge in [-0.05, 0) is 48.1 Å². The predicted molar refractivity (Wildman–Crippen MR) is 66.2 cm³/mol. The van der Waals surface area contributed by atoms with Crippen molar-refractivity contribution < 1.29 is 12.8 Å². The van der Waals surface area contributed by atoms with Crippen LogP contribution in [-0.2, 0) is 16.5 Å². The highest BCUT2D eigenvalue weighted by atomic mass is 32.2. The smallest absolute Gasteiger partial charge is 0.175 e. The molecule has 0 radical (unpaired) electrons. The Bertz CT molecular complexity index is 559. The van der Waals surface area contributed by atoms with Gasteiger partial charge >= 0.3 is 0 Å². The third kappa shape index (κ3) is 2.57. The molecule has 0 bridgehead atoms. The molecule has 0 N–H and O–H groups in total. The van der Waals surface area contributed by atoms with Crippen LogP contribution in [0.25, 0.3) is 5.57 Å². The van der Waals surface area contributed by atoms with Gasteiger partial charge in [-0.15, -0.1) is 0 Å². The van der Waals surface area contributed by atoms with E-state index in [1.54, 1.807) is 12.1 Å². The van der Waals surface area contributed by atoms with E-state index in [1.807, 2.05) is 0 Å². The second-order valence-electron chi connectivity index (χ2n) is 4.35. The maximum Gasteiger partial charge on any atom is 0.175 e. The first-order valence-corrected chi connectivity index (χ1v) is 7.50. The molecule has 1 aliphatic carbocycles. The van der Waals surface area contributed by atoms with E-state index in [-0.39, 0.29) is 4.90 Å². The number of sulfone groups is 1. The Morgan fingerprint density at radius 3 is 2.65 bits per heavy atom. The van der Waals surface area contributed by atoms with E-state index in [0.29, 0.717) is 5.56 Å². The first-order valence-electron chi connectivity index (χ1n) is 5.61. The van der Waals surface area contributed by atoms with Gasteiger partial charge in [-0.1, -0.05) is 12.1 Å². The molecule has 0 aromatic heterocycles. The fourth-order valence-corrected chi connectivity index (χ4v) is 2.81. The van der Waals surface area contributed by atoms with Crippen LogP contribution < -0.4 is 0 Å². The van der Waals surface area contributed by atoms with Crippen LogP contribution in [0, 0.1) is 0 Å². The van der Waals surface area contributed by atoms with Gasteiger partial charge in [0.1, 0.15) is 6.67 Å². The van der Waals surface area contributed by atoms with Gasteiger partial charge in [0.2, 0.25) is 0 Å². The molecule has 0 spiro atoms. The highest BCUT2D eigenvalue weighted by Gasteiger charge is 2.15. The fraction of sp³-hybridized carbons (Fsp3) is 0.385. The topological polar surface area (TPSA) is 34.1 Å². The SMILES string of the molecule is CS(=O)(=O)c1ccc(C2=CCCC2)c(CF)c1. The van der Waals surface area contributed by atoms with Gasteiger partial charge < -0.3 is 0 Å². The summed E-state index contributed by atoms with van der Waals surface area (Å²) in [6, 6.07) is 4.73. The molecule has 0 saturated carbocycles. The van der Waals surface area contributed by atoms with Crippen molar-refractivity contribution in [3.63, 3.8) is 0 Å². The maximum absolute atomic E-state index is 13.0. The van der Waals surface area contributed by atoms with Crippen molar-refractivity contribution in [3.8, 4) is 0 Å². The molecule has 2 nitrogen and oxygen atoms in total. The van der Waals surface area contributed by atoms with Gasteiger partial charge in [0.05, 0.1) is 4.90 Å². The van der Waals surface area contributed by atoms with Crippen molar-refractivity contribution in [2.45, 2.75) is 30.8 Å².